The van der Waals surface area contributed by atoms with Gasteiger partial charge in [0.05, 0.1) is 5.69 Å². The summed E-state index contributed by atoms with van der Waals surface area (Å²) < 4.78 is 1.41. The van der Waals surface area contributed by atoms with E-state index in [-0.39, 0.29) is 5.56 Å². The van der Waals surface area contributed by atoms with Gasteiger partial charge in [0.25, 0.3) is 5.56 Å². The van der Waals surface area contributed by atoms with Crippen LogP contribution >= 0.6 is 11.3 Å². The number of hydrogen-bond acceptors (Lipinski definition) is 6. The zero-order valence-electron chi connectivity index (χ0n) is 11.8. The van der Waals surface area contributed by atoms with E-state index in [1.165, 1.54) is 15.9 Å². The lowest BCUT2D eigenvalue weighted by molar-refractivity contribution is 0.246. The summed E-state index contributed by atoms with van der Waals surface area (Å²) >= 11 is 1.49. The van der Waals surface area contributed by atoms with Gasteiger partial charge in [-0.2, -0.15) is 9.61 Å². The molecule has 1 N–H and O–H groups in total. The second-order valence-corrected chi connectivity index (χ2v) is 6.23. The Labute approximate surface area is 121 Å². The van der Waals surface area contributed by atoms with Crippen LogP contribution in [0.5, 0.6) is 0 Å². The van der Waals surface area contributed by atoms with Gasteiger partial charge >= 0.3 is 0 Å². The third-order valence-electron chi connectivity index (χ3n) is 3.71. The molecule has 0 aliphatic carbocycles. The summed E-state index contributed by atoms with van der Waals surface area (Å²) in [5, 5.41) is 8.56. The Hall–Kier alpha value is -1.31. The molecule has 0 amide bonds. The lowest BCUT2D eigenvalue weighted by Gasteiger charge is -2.22. The fraction of sp³-hybridized carbons (Fsp3) is 0.615. The summed E-state index contributed by atoms with van der Waals surface area (Å²) in [4.78, 5) is 19.6. The Morgan fingerprint density at radius 3 is 3.15 bits per heavy atom. The van der Waals surface area contributed by atoms with Crippen molar-refractivity contribution in [2.45, 2.75) is 32.4 Å². The molecule has 3 heterocycles. The van der Waals surface area contributed by atoms with Gasteiger partial charge < -0.3 is 5.32 Å². The quantitative estimate of drug-likeness (QED) is 0.890. The first-order valence-corrected chi connectivity index (χ1v) is 7.78. The van der Waals surface area contributed by atoms with Crippen LogP contribution in [0.1, 0.15) is 24.0 Å². The predicted molar refractivity (Wildman–Crippen MR) is 79.3 cm³/mol. The molecule has 2 aromatic rings. The van der Waals surface area contributed by atoms with Crippen LogP contribution < -0.4 is 10.9 Å². The van der Waals surface area contributed by atoms with E-state index in [0.29, 0.717) is 17.5 Å². The predicted octanol–water partition coefficient (Wildman–Crippen LogP) is 0.507. The zero-order valence-corrected chi connectivity index (χ0v) is 12.6. The summed E-state index contributed by atoms with van der Waals surface area (Å²) in [5.74, 6) is 0. The minimum atomic E-state index is -0.0844. The van der Waals surface area contributed by atoms with E-state index in [2.05, 4.69) is 27.3 Å². The maximum atomic E-state index is 12.1. The molecule has 2 aromatic heterocycles. The zero-order chi connectivity index (χ0) is 14.1. The van der Waals surface area contributed by atoms with E-state index >= 15 is 0 Å². The molecule has 6 nitrogen and oxygen atoms in total. The summed E-state index contributed by atoms with van der Waals surface area (Å²) in [6.07, 6.45) is 1.98. The summed E-state index contributed by atoms with van der Waals surface area (Å²) in [6.45, 7) is 4.82. The van der Waals surface area contributed by atoms with E-state index in [1.54, 1.807) is 6.07 Å². The first-order chi connectivity index (χ1) is 9.67. The molecule has 0 aromatic carbocycles. The molecule has 1 saturated heterocycles. The third-order valence-corrected chi connectivity index (χ3v) is 4.76. The number of aryl methyl sites for hydroxylation is 1. The number of likely N-dealkylation sites (N-methyl/N-ethyl adjacent to an activating group) is 1. The second kappa shape index (κ2) is 5.59. The van der Waals surface area contributed by atoms with Crippen molar-refractivity contribution in [1.29, 1.82) is 0 Å². The van der Waals surface area contributed by atoms with Gasteiger partial charge in [-0.25, -0.2) is 4.98 Å². The van der Waals surface area contributed by atoms with Crippen molar-refractivity contribution >= 4 is 16.3 Å². The highest BCUT2D eigenvalue weighted by atomic mass is 32.1. The molecule has 20 heavy (non-hydrogen) atoms. The molecule has 0 bridgehead atoms. The first kappa shape index (κ1) is 13.7. The van der Waals surface area contributed by atoms with E-state index in [1.807, 2.05) is 6.92 Å². The summed E-state index contributed by atoms with van der Waals surface area (Å²) in [6, 6.07) is 2.13. The van der Waals surface area contributed by atoms with Gasteiger partial charge in [0.15, 0.2) is 0 Å². The van der Waals surface area contributed by atoms with Crippen LogP contribution in [0.25, 0.3) is 4.96 Å². The van der Waals surface area contributed by atoms with Crippen LogP contribution in [0.15, 0.2) is 10.9 Å². The van der Waals surface area contributed by atoms with Crippen molar-refractivity contribution in [3.63, 3.8) is 0 Å². The molecule has 3 rings (SSSR count). The number of hydrogen-bond donors (Lipinski definition) is 1. The van der Waals surface area contributed by atoms with Gasteiger partial charge in [0.2, 0.25) is 4.96 Å². The number of fused-ring (bicyclic) bond motifs is 1. The van der Waals surface area contributed by atoms with Gasteiger partial charge in [-0.3, -0.25) is 9.69 Å². The fourth-order valence-corrected chi connectivity index (χ4v) is 3.38. The minimum Gasteiger partial charge on any atom is -0.315 e. The molecule has 0 saturated carbocycles. The van der Waals surface area contributed by atoms with Crippen molar-refractivity contribution in [1.82, 2.24) is 24.8 Å². The minimum absolute atomic E-state index is 0.0844. The molecular formula is C13H19N5OS. The lowest BCUT2D eigenvalue weighted by Crippen LogP contribution is -2.33. The van der Waals surface area contributed by atoms with Gasteiger partial charge in [-0.15, -0.1) is 0 Å². The van der Waals surface area contributed by atoms with Crippen molar-refractivity contribution in [3.05, 3.63) is 27.1 Å². The topological polar surface area (TPSA) is 62.5 Å². The van der Waals surface area contributed by atoms with Crippen molar-refractivity contribution in [2.24, 2.45) is 0 Å². The average molecular weight is 293 g/mol. The number of nitrogens with zero attached hydrogens (tertiary/aromatic N) is 4. The van der Waals surface area contributed by atoms with E-state index in [9.17, 15) is 4.79 Å². The average Bonchev–Trinajstić information content (AvgIpc) is 3.07. The fourth-order valence-electron chi connectivity index (χ4n) is 2.52. The van der Waals surface area contributed by atoms with Crippen LogP contribution in [0, 0.1) is 0 Å². The normalized spacial score (nSPS) is 19.2. The maximum absolute atomic E-state index is 12.1. The standard InChI is InChI=1S/C13H19N5OS/c1-3-11-16-18-12(19)6-9(15-13(18)20-11)8-17(2)10-4-5-14-7-10/h6,10,14H,3-5,7-8H2,1-2H3. The molecule has 0 spiro atoms. The SMILES string of the molecule is CCc1nn2c(=O)cc(CN(C)C3CCNC3)nc2s1. The Kier molecular flexibility index (Phi) is 3.82. The van der Waals surface area contributed by atoms with Crippen molar-refractivity contribution in [3.8, 4) is 0 Å². The molecule has 1 aliphatic heterocycles. The molecule has 1 atom stereocenters. The number of rotatable bonds is 4. The largest absolute Gasteiger partial charge is 0.315 e. The number of nitrogens with one attached hydrogen (secondary N) is 1. The Bertz CT molecular complexity index is 658. The molecule has 0 radical (unpaired) electrons. The van der Waals surface area contributed by atoms with Gasteiger partial charge in [0, 0.05) is 25.2 Å². The smallest absolute Gasteiger partial charge is 0.275 e. The highest BCUT2D eigenvalue weighted by Crippen LogP contribution is 2.14. The first-order valence-electron chi connectivity index (χ1n) is 6.97. The van der Waals surface area contributed by atoms with Crippen LogP contribution in [-0.2, 0) is 13.0 Å². The second-order valence-electron chi connectivity index (χ2n) is 5.19. The molecule has 7 heteroatoms. The van der Waals surface area contributed by atoms with Gasteiger partial charge in [0.1, 0.15) is 5.01 Å². The van der Waals surface area contributed by atoms with Crippen molar-refractivity contribution in [2.75, 3.05) is 20.1 Å². The van der Waals surface area contributed by atoms with E-state index in [4.69, 9.17) is 0 Å². The van der Waals surface area contributed by atoms with Crippen LogP contribution in [0.3, 0.4) is 0 Å². The van der Waals surface area contributed by atoms with Crippen molar-refractivity contribution < 1.29 is 0 Å². The Morgan fingerprint density at radius 1 is 1.60 bits per heavy atom. The molecule has 1 unspecified atom stereocenters. The molecule has 1 aliphatic rings. The van der Waals surface area contributed by atoms with E-state index in [0.717, 1.165) is 36.6 Å². The Balaban J connectivity index is 1.86. The Morgan fingerprint density at radius 2 is 2.45 bits per heavy atom. The highest BCUT2D eigenvalue weighted by molar-refractivity contribution is 7.16. The monoisotopic (exact) mass is 293 g/mol. The van der Waals surface area contributed by atoms with Crippen LogP contribution in [0.2, 0.25) is 0 Å². The highest BCUT2D eigenvalue weighted by Gasteiger charge is 2.20. The molecular weight excluding hydrogens is 274 g/mol. The lowest BCUT2D eigenvalue weighted by atomic mass is 10.2. The maximum Gasteiger partial charge on any atom is 0.275 e. The van der Waals surface area contributed by atoms with Gasteiger partial charge in [-0.1, -0.05) is 18.3 Å². The van der Waals surface area contributed by atoms with Gasteiger partial charge in [-0.05, 0) is 26.4 Å². The molecule has 108 valence electrons. The summed E-state index contributed by atoms with van der Waals surface area (Å²) in [5.41, 5.74) is 0.745. The third kappa shape index (κ3) is 2.61. The number of aromatic nitrogens is 3. The molecule has 1 fully saturated rings. The van der Waals surface area contributed by atoms with E-state index < -0.39 is 0 Å². The van der Waals surface area contributed by atoms with Crippen LogP contribution in [0.4, 0.5) is 0 Å². The van der Waals surface area contributed by atoms with Crippen LogP contribution in [-0.4, -0.2) is 45.7 Å². The summed E-state index contributed by atoms with van der Waals surface area (Å²) in [7, 11) is 2.09.